The first-order valence-electron chi connectivity index (χ1n) is 6.46. The van der Waals surface area contributed by atoms with E-state index in [1.807, 2.05) is 0 Å². The Balaban J connectivity index is 2.08. The van der Waals surface area contributed by atoms with E-state index in [1.54, 1.807) is 0 Å². The van der Waals surface area contributed by atoms with Crippen molar-refractivity contribution in [2.75, 3.05) is 12.3 Å². The highest BCUT2D eigenvalue weighted by Gasteiger charge is 2.45. The largest absolute Gasteiger partial charge is 0.481 e. The molecule has 6 N–H and O–H groups in total. The number of aromatic nitrogens is 2. The van der Waals surface area contributed by atoms with E-state index in [1.165, 1.54) is 12.3 Å². The Hall–Kier alpha value is -0.850. The van der Waals surface area contributed by atoms with Crippen LogP contribution in [0.4, 0.5) is 5.82 Å². The summed E-state index contributed by atoms with van der Waals surface area (Å²) in [5.41, 5.74) is 4.55. The van der Waals surface area contributed by atoms with Crippen molar-refractivity contribution in [3.63, 3.8) is 0 Å². The molecule has 142 valence electrons. The molecule has 0 aliphatic carbocycles. The third-order valence-electron chi connectivity index (χ3n) is 3.03. The Morgan fingerprint density at radius 2 is 2.04 bits per heavy atom. The van der Waals surface area contributed by atoms with Gasteiger partial charge in [0, 0.05) is 6.20 Å². The van der Waals surface area contributed by atoms with Crippen LogP contribution in [0, 0.1) is 0 Å². The van der Waals surface area contributed by atoms with Crippen LogP contribution < -0.4 is 11.4 Å². The van der Waals surface area contributed by atoms with Crippen LogP contribution in [0.2, 0.25) is 0 Å². The highest BCUT2D eigenvalue weighted by molar-refractivity contribution is 7.60. The first-order valence-corrected chi connectivity index (χ1v) is 9.92. The molecule has 25 heavy (non-hydrogen) atoms. The normalized spacial score (nSPS) is 29.5. The van der Waals surface area contributed by atoms with Crippen LogP contribution in [-0.4, -0.2) is 53.5 Å². The van der Waals surface area contributed by atoms with E-state index >= 15 is 0 Å². The number of nitrogens with two attached hydrogens (primary N) is 1. The zero-order valence-corrected chi connectivity index (χ0v) is 14.7. The molecular weight excluding hydrogens is 408 g/mol. The molecule has 1 saturated heterocycles. The summed E-state index contributed by atoms with van der Waals surface area (Å²) in [5, 5.41) is 8.85. The van der Waals surface area contributed by atoms with Crippen molar-refractivity contribution in [2.45, 2.75) is 23.8 Å². The summed E-state index contributed by atoms with van der Waals surface area (Å²) in [6.07, 6.45) is -2.69. The Labute approximate surface area is 144 Å². The van der Waals surface area contributed by atoms with Gasteiger partial charge in [0.25, 0.3) is 0 Å². The fourth-order valence-electron chi connectivity index (χ4n) is 2.01. The topological polar surface area (TPSA) is 204 Å². The third kappa shape index (κ3) is 5.31. The van der Waals surface area contributed by atoms with E-state index in [9.17, 15) is 23.9 Å². The number of alkyl halides is 1. The minimum atomic E-state index is -5.28. The number of hydrogen-bond donors (Lipinski definition) is 5. The number of anilines is 1. The van der Waals surface area contributed by atoms with Gasteiger partial charge in [0.1, 0.15) is 23.4 Å². The number of rotatable bonds is 6. The standard InChI is InChI=1S/C9H14ClN3O10P2/c10-6-7(14)4(3-21-25(19,20)23-24(16,17)18)22-8(6)13-2-1-5(11)12-9(13)15/h1-2,4,6-8,14H,3H2,(H,19,20)(H2,11,12,15)(H2,16,17,18)/t4-,6-,7-,8-/m1/s1. The van der Waals surface area contributed by atoms with Crippen molar-refractivity contribution >= 4 is 33.1 Å². The van der Waals surface area contributed by atoms with Crippen LogP contribution in [0.25, 0.3) is 0 Å². The molecule has 0 radical (unpaired) electrons. The van der Waals surface area contributed by atoms with Crippen LogP contribution >= 0.6 is 27.2 Å². The first kappa shape index (κ1) is 20.5. The number of hydrogen-bond acceptors (Lipinski definition) is 9. The van der Waals surface area contributed by atoms with Crippen LogP contribution in [-0.2, 0) is 22.7 Å². The second-order valence-electron chi connectivity index (χ2n) is 4.88. The molecule has 1 unspecified atom stereocenters. The number of nitrogen functional groups attached to an aromatic ring is 1. The third-order valence-corrected chi connectivity index (χ3v) is 5.66. The predicted molar refractivity (Wildman–Crippen MR) is 81.4 cm³/mol. The molecule has 0 bridgehead atoms. The molecule has 0 amide bonds. The first-order chi connectivity index (χ1) is 11.4. The fourth-order valence-corrected chi connectivity index (χ4v) is 3.95. The molecule has 1 aromatic heterocycles. The minimum Gasteiger partial charge on any atom is -0.389 e. The van der Waals surface area contributed by atoms with E-state index in [0.717, 1.165) is 4.57 Å². The molecule has 1 fully saturated rings. The highest BCUT2D eigenvalue weighted by Crippen LogP contribution is 2.57. The van der Waals surface area contributed by atoms with Crippen LogP contribution in [0.1, 0.15) is 6.23 Å². The van der Waals surface area contributed by atoms with Crippen molar-refractivity contribution in [1.82, 2.24) is 9.55 Å². The van der Waals surface area contributed by atoms with Gasteiger partial charge in [-0.2, -0.15) is 9.29 Å². The van der Waals surface area contributed by atoms with Crippen molar-refractivity contribution in [1.29, 1.82) is 0 Å². The predicted octanol–water partition coefficient (Wildman–Crippen LogP) is -1.08. The Bertz CT molecular complexity index is 783. The van der Waals surface area contributed by atoms with E-state index in [0.29, 0.717) is 0 Å². The van der Waals surface area contributed by atoms with Gasteiger partial charge < -0.3 is 30.3 Å². The molecule has 5 atom stereocenters. The molecular formula is C9H14ClN3O10P2. The number of phosphoric acid groups is 2. The van der Waals surface area contributed by atoms with Gasteiger partial charge in [-0.15, -0.1) is 11.6 Å². The summed E-state index contributed by atoms with van der Waals surface area (Å²) in [5.74, 6) is -0.0402. The van der Waals surface area contributed by atoms with Gasteiger partial charge in [-0.3, -0.25) is 9.09 Å². The van der Waals surface area contributed by atoms with Gasteiger partial charge in [-0.05, 0) is 6.07 Å². The van der Waals surface area contributed by atoms with Gasteiger partial charge in [-0.1, -0.05) is 0 Å². The summed E-state index contributed by atoms with van der Waals surface area (Å²) >= 11 is 5.99. The molecule has 16 heteroatoms. The van der Waals surface area contributed by atoms with Crippen molar-refractivity contribution in [2.24, 2.45) is 0 Å². The maximum Gasteiger partial charge on any atom is 0.481 e. The van der Waals surface area contributed by atoms with Gasteiger partial charge >= 0.3 is 21.3 Å². The summed E-state index contributed by atoms with van der Waals surface area (Å²) in [4.78, 5) is 41.5. The summed E-state index contributed by atoms with van der Waals surface area (Å²) < 4.78 is 36.2. The zero-order chi connectivity index (χ0) is 19.0. The second kappa shape index (κ2) is 7.41. The van der Waals surface area contributed by atoms with Gasteiger partial charge in [0.2, 0.25) is 0 Å². The van der Waals surface area contributed by atoms with E-state index in [2.05, 4.69) is 13.8 Å². The SMILES string of the molecule is Nc1ccn([C@@H]2O[C@H](COP(=O)(O)OP(=O)(O)O)[C@@H](O)[C@H]2Cl)c(=O)n1. The van der Waals surface area contributed by atoms with E-state index in [-0.39, 0.29) is 5.82 Å². The lowest BCUT2D eigenvalue weighted by Crippen LogP contribution is -2.33. The van der Waals surface area contributed by atoms with E-state index in [4.69, 9.17) is 31.9 Å². The molecule has 0 spiro atoms. The zero-order valence-electron chi connectivity index (χ0n) is 12.2. The van der Waals surface area contributed by atoms with Crippen LogP contribution in [0.5, 0.6) is 0 Å². The van der Waals surface area contributed by atoms with Gasteiger partial charge in [0.05, 0.1) is 6.61 Å². The lowest BCUT2D eigenvalue weighted by atomic mass is 10.2. The number of nitrogens with zero attached hydrogens (tertiary/aromatic N) is 2. The molecule has 0 saturated carbocycles. The molecule has 2 heterocycles. The Morgan fingerprint density at radius 3 is 2.60 bits per heavy atom. The number of halogens is 1. The maximum absolute atomic E-state index is 11.8. The Morgan fingerprint density at radius 1 is 1.40 bits per heavy atom. The van der Waals surface area contributed by atoms with Crippen LogP contribution in [0.3, 0.4) is 0 Å². The highest BCUT2D eigenvalue weighted by atomic mass is 35.5. The minimum absolute atomic E-state index is 0.0402. The van der Waals surface area contributed by atoms with Gasteiger partial charge in [-0.25, -0.2) is 13.9 Å². The average molecular weight is 422 g/mol. The van der Waals surface area contributed by atoms with Crippen LogP contribution in [0.15, 0.2) is 17.1 Å². The summed E-state index contributed by atoms with van der Waals surface area (Å²) in [6, 6.07) is 1.29. The number of ether oxygens (including phenoxy) is 1. The number of aliphatic hydroxyl groups is 1. The Kier molecular flexibility index (Phi) is 6.07. The summed E-state index contributed by atoms with van der Waals surface area (Å²) in [6.45, 7) is -0.800. The molecule has 1 aromatic rings. The summed E-state index contributed by atoms with van der Waals surface area (Å²) in [7, 11) is -10.4. The van der Waals surface area contributed by atoms with Crippen molar-refractivity contribution < 1.29 is 42.5 Å². The van der Waals surface area contributed by atoms with E-state index < -0.39 is 51.8 Å². The molecule has 1 aliphatic heterocycles. The average Bonchev–Trinajstić information content (AvgIpc) is 2.71. The molecule has 13 nitrogen and oxygen atoms in total. The van der Waals surface area contributed by atoms with Crippen molar-refractivity contribution in [3.8, 4) is 0 Å². The lowest BCUT2D eigenvalue weighted by molar-refractivity contribution is -0.0448. The monoisotopic (exact) mass is 421 g/mol. The second-order valence-corrected chi connectivity index (χ2v) is 8.21. The quantitative estimate of drug-likeness (QED) is 0.275. The molecule has 1 aliphatic rings. The molecule has 2 rings (SSSR count). The smallest absolute Gasteiger partial charge is 0.389 e. The number of aliphatic hydroxyl groups excluding tert-OH is 1. The van der Waals surface area contributed by atoms with Crippen molar-refractivity contribution in [3.05, 3.63) is 22.7 Å². The molecule has 0 aromatic carbocycles. The van der Waals surface area contributed by atoms with Gasteiger partial charge in [0.15, 0.2) is 6.23 Å². The maximum atomic E-state index is 11.8. The number of phosphoric ester groups is 1. The fraction of sp³-hybridized carbons (Fsp3) is 0.556. The lowest BCUT2D eigenvalue weighted by Gasteiger charge is -2.18.